The van der Waals surface area contributed by atoms with Crippen LogP contribution in [-0.2, 0) is 20.9 Å². The summed E-state index contributed by atoms with van der Waals surface area (Å²) in [6, 6.07) is 11.8. The van der Waals surface area contributed by atoms with Crippen molar-refractivity contribution in [2.45, 2.75) is 45.8 Å². The molecular weight excluding hydrogens is 472 g/mol. The predicted molar refractivity (Wildman–Crippen MR) is 138 cm³/mol. The van der Waals surface area contributed by atoms with E-state index in [1.54, 1.807) is 47.4 Å². The van der Waals surface area contributed by atoms with Crippen molar-refractivity contribution >= 4 is 46.6 Å². The molecule has 1 heterocycles. The van der Waals surface area contributed by atoms with E-state index < -0.39 is 12.0 Å². The number of carbonyl (C=O) groups is 3. The second-order valence-corrected chi connectivity index (χ2v) is 8.12. The number of nitrogens with one attached hydrogen (secondary N) is 3. The van der Waals surface area contributed by atoms with Crippen molar-refractivity contribution in [3.8, 4) is 0 Å². The highest BCUT2D eigenvalue weighted by Crippen LogP contribution is 2.22. The minimum Gasteiger partial charge on any atom is -0.445 e. The van der Waals surface area contributed by atoms with Crippen LogP contribution in [0.2, 0.25) is 5.02 Å². The minimum absolute atomic E-state index is 0.116. The number of anilines is 3. The Bertz CT molecular complexity index is 994. The number of hydrazine groups is 1. The lowest BCUT2D eigenvalue weighted by Crippen LogP contribution is -2.47. The number of likely N-dealkylation sites (tertiary alicyclic amines) is 1. The molecule has 0 saturated carbocycles. The monoisotopic (exact) mass is 504 g/mol. The molecule has 1 fully saturated rings. The van der Waals surface area contributed by atoms with Crippen molar-refractivity contribution in [2.24, 2.45) is 5.84 Å². The first-order valence-corrected chi connectivity index (χ1v) is 11.8. The SMILES string of the molecule is CC.NNc1cc(NC(=O)CC(=O)NC2CCN(C(=O)OCc3ccc(Cl)cc3)CC2)ccc1N. The molecule has 0 unspecified atom stereocenters. The van der Waals surface area contributed by atoms with Gasteiger partial charge in [0.1, 0.15) is 13.0 Å². The van der Waals surface area contributed by atoms with Crippen LogP contribution in [0, 0.1) is 0 Å². The molecule has 10 nitrogen and oxygen atoms in total. The zero-order chi connectivity index (χ0) is 25.8. The van der Waals surface area contributed by atoms with Crippen molar-refractivity contribution in [1.82, 2.24) is 10.2 Å². The van der Waals surface area contributed by atoms with Crippen molar-refractivity contribution in [3.05, 3.63) is 53.1 Å². The zero-order valence-electron chi connectivity index (χ0n) is 20.0. The van der Waals surface area contributed by atoms with Gasteiger partial charge in [0, 0.05) is 29.8 Å². The number of rotatable bonds is 7. The Morgan fingerprint density at radius 3 is 2.34 bits per heavy atom. The molecule has 0 atom stereocenters. The Hall–Kier alpha value is -3.50. The van der Waals surface area contributed by atoms with E-state index in [0.717, 1.165) is 5.56 Å². The lowest BCUT2D eigenvalue weighted by molar-refractivity contribution is -0.127. The summed E-state index contributed by atoms with van der Waals surface area (Å²) in [6.07, 6.45) is 0.433. The number of amides is 3. The maximum absolute atomic E-state index is 12.3. The average Bonchev–Trinajstić information content (AvgIpc) is 2.86. The van der Waals surface area contributed by atoms with E-state index in [-0.39, 0.29) is 25.0 Å². The third-order valence-corrected chi connectivity index (χ3v) is 5.46. The molecule has 0 spiro atoms. The van der Waals surface area contributed by atoms with E-state index in [4.69, 9.17) is 27.9 Å². The first-order valence-electron chi connectivity index (χ1n) is 11.5. The Morgan fingerprint density at radius 1 is 1.06 bits per heavy atom. The van der Waals surface area contributed by atoms with Crippen molar-refractivity contribution in [3.63, 3.8) is 0 Å². The van der Waals surface area contributed by atoms with Gasteiger partial charge >= 0.3 is 6.09 Å². The van der Waals surface area contributed by atoms with E-state index in [9.17, 15) is 14.4 Å². The number of piperidine rings is 1. The minimum atomic E-state index is -0.455. The molecule has 0 bridgehead atoms. The highest BCUT2D eigenvalue weighted by Gasteiger charge is 2.25. The molecule has 1 aliphatic heterocycles. The predicted octanol–water partition coefficient (Wildman–Crippen LogP) is 3.48. The van der Waals surface area contributed by atoms with Gasteiger partial charge in [-0.15, -0.1) is 0 Å². The van der Waals surface area contributed by atoms with Crippen LogP contribution in [0.3, 0.4) is 0 Å². The van der Waals surface area contributed by atoms with Crippen molar-refractivity contribution < 1.29 is 19.1 Å². The molecule has 190 valence electrons. The molecule has 0 aromatic heterocycles. The molecule has 3 rings (SSSR count). The van der Waals surface area contributed by atoms with Crippen LogP contribution >= 0.6 is 11.6 Å². The van der Waals surface area contributed by atoms with Gasteiger partial charge in [-0.3, -0.25) is 15.4 Å². The molecule has 11 heteroatoms. The molecule has 7 N–H and O–H groups in total. The first-order chi connectivity index (χ1) is 16.8. The quantitative estimate of drug-likeness (QED) is 0.167. The largest absolute Gasteiger partial charge is 0.445 e. The lowest BCUT2D eigenvalue weighted by atomic mass is 10.1. The fraction of sp³-hybridized carbons (Fsp3) is 0.375. The standard InChI is InChI=1S/C22H27ClN6O4.C2H6/c23-15-3-1-14(2-4-15)13-33-22(32)29-9-7-16(8-10-29)26-20(30)12-21(31)27-17-5-6-18(24)19(11-17)28-25;1-2/h1-6,11,16,28H,7-10,12-13,24-25H2,(H,26,30)(H,27,31);1-2H3. The van der Waals surface area contributed by atoms with Gasteiger partial charge in [0.25, 0.3) is 0 Å². The normalized spacial score (nSPS) is 13.2. The summed E-state index contributed by atoms with van der Waals surface area (Å²) in [5, 5.41) is 6.10. The number of carbonyl (C=O) groups excluding carboxylic acids is 3. The number of hydrogen-bond acceptors (Lipinski definition) is 7. The van der Waals surface area contributed by atoms with Gasteiger partial charge in [-0.25, -0.2) is 4.79 Å². The van der Waals surface area contributed by atoms with E-state index in [0.29, 0.717) is 48.0 Å². The van der Waals surface area contributed by atoms with Crippen LogP contribution in [0.1, 0.15) is 38.7 Å². The molecule has 3 amide bonds. The summed E-state index contributed by atoms with van der Waals surface area (Å²) in [7, 11) is 0. The highest BCUT2D eigenvalue weighted by molar-refractivity contribution is 6.30. The van der Waals surface area contributed by atoms with Crippen molar-refractivity contribution in [2.75, 3.05) is 29.6 Å². The van der Waals surface area contributed by atoms with Gasteiger partial charge in [0.05, 0.1) is 11.4 Å². The van der Waals surface area contributed by atoms with E-state index >= 15 is 0 Å². The summed E-state index contributed by atoms with van der Waals surface area (Å²) < 4.78 is 5.34. The van der Waals surface area contributed by atoms with Crippen LogP contribution in [-0.4, -0.2) is 41.9 Å². The van der Waals surface area contributed by atoms with Gasteiger partial charge in [0.2, 0.25) is 11.8 Å². The summed E-state index contributed by atoms with van der Waals surface area (Å²) in [6.45, 7) is 5.08. The summed E-state index contributed by atoms with van der Waals surface area (Å²) in [4.78, 5) is 38.3. The van der Waals surface area contributed by atoms with Crippen molar-refractivity contribution in [1.29, 1.82) is 0 Å². The van der Waals surface area contributed by atoms with E-state index in [1.807, 2.05) is 13.8 Å². The number of hydrogen-bond donors (Lipinski definition) is 5. The third-order valence-electron chi connectivity index (χ3n) is 5.21. The van der Waals surface area contributed by atoms with Crippen LogP contribution in [0.25, 0.3) is 0 Å². The smallest absolute Gasteiger partial charge is 0.410 e. The van der Waals surface area contributed by atoms with E-state index in [1.165, 1.54) is 0 Å². The fourth-order valence-corrected chi connectivity index (χ4v) is 3.54. The second-order valence-electron chi connectivity index (χ2n) is 7.68. The number of nitrogens with two attached hydrogens (primary N) is 2. The first kappa shape index (κ1) is 27.7. The average molecular weight is 505 g/mol. The Morgan fingerprint density at radius 2 is 1.71 bits per heavy atom. The summed E-state index contributed by atoms with van der Waals surface area (Å²) in [5.41, 5.74) is 10.4. The maximum atomic E-state index is 12.3. The number of nitrogen functional groups attached to an aromatic ring is 2. The Balaban J connectivity index is 0.00000210. The van der Waals surface area contributed by atoms with Gasteiger partial charge in [-0.1, -0.05) is 37.6 Å². The number of ether oxygens (including phenoxy) is 1. The number of nitrogens with zero attached hydrogens (tertiary/aromatic N) is 1. The summed E-state index contributed by atoms with van der Waals surface area (Å²) >= 11 is 5.85. The Labute approximate surface area is 210 Å². The van der Waals surface area contributed by atoms with Crippen LogP contribution in [0.5, 0.6) is 0 Å². The van der Waals surface area contributed by atoms with Gasteiger partial charge in [-0.2, -0.15) is 0 Å². The van der Waals surface area contributed by atoms with Gasteiger partial charge < -0.3 is 31.4 Å². The number of benzene rings is 2. The second kappa shape index (κ2) is 14.0. The van der Waals surface area contributed by atoms with E-state index in [2.05, 4.69) is 16.1 Å². The van der Waals surface area contributed by atoms with Crippen LogP contribution < -0.4 is 27.6 Å². The molecule has 1 saturated heterocycles. The molecule has 2 aromatic carbocycles. The van der Waals surface area contributed by atoms with Crippen LogP contribution in [0.4, 0.5) is 21.9 Å². The molecule has 35 heavy (non-hydrogen) atoms. The van der Waals surface area contributed by atoms with Crippen LogP contribution in [0.15, 0.2) is 42.5 Å². The molecule has 2 aromatic rings. The molecule has 0 radical (unpaired) electrons. The molecular formula is C24H33ClN6O4. The highest BCUT2D eigenvalue weighted by atomic mass is 35.5. The van der Waals surface area contributed by atoms with Gasteiger partial charge in [0.15, 0.2) is 0 Å². The topological polar surface area (TPSA) is 152 Å². The number of halogens is 1. The lowest BCUT2D eigenvalue weighted by Gasteiger charge is -2.31. The maximum Gasteiger partial charge on any atom is 0.410 e. The third kappa shape index (κ3) is 8.99. The fourth-order valence-electron chi connectivity index (χ4n) is 3.41. The van der Waals surface area contributed by atoms with Gasteiger partial charge in [-0.05, 0) is 48.7 Å². The Kier molecular flexibility index (Phi) is 11.1. The summed E-state index contributed by atoms with van der Waals surface area (Å²) in [5.74, 6) is 4.53. The molecule has 0 aliphatic carbocycles. The zero-order valence-corrected chi connectivity index (χ0v) is 20.7. The molecule has 1 aliphatic rings.